The Bertz CT molecular complexity index is 366. The second-order valence-corrected chi connectivity index (χ2v) is 2.62. The Morgan fingerprint density at radius 3 is 3.08 bits per heavy atom. The number of rotatable bonds is 1. The molecule has 0 amide bonds. The highest BCUT2D eigenvalue weighted by Gasteiger charge is 2.20. The minimum Gasteiger partial charge on any atom is -0.456 e. The zero-order valence-electron chi connectivity index (χ0n) is 6.56. The van der Waals surface area contributed by atoms with Gasteiger partial charge in [-0.2, -0.15) is 0 Å². The lowest BCUT2D eigenvalue weighted by Crippen LogP contribution is -2.30. The van der Waals surface area contributed by atoms with Gasteiger partial charge < -0.3 is 10.1 Å². The number of nitrogens with zero attached hydrogens (tertiary/aromatic N) is 1. The largest absolute Gasteiger partial charge is 0.456 e. The number of nitro groups is 1. The molecule has 1 aliphatic rings. The van der Waals surface area contributed by atoms with Crippen LogP contribution in [0.3, 0.4) is 0 Å². The predicted molar refractivity (Wildman–Crippen MR) is 45.3 cm³/mol. The molecule has 1 unspecified atom stereocenters. The monoisotopic (exact) mass is 181 g/mol. The van der Waals surface area contributed by atoms with E-state index < -0.39 is 11.3 Å². The molecular formula is C7H7N3O3. The average Bonchev–Trinajstić information content (AvgIpc) is 2.42. The van der Waals surface area contributed by atoms with Gasteiger partial charge in [0.2, 0.25) is 6.35 Å². The molecule has 0 saturated heterocycles. The fourth-order valence-corrected chi connectivity index (χ4v) is 1.17. The molecule has 3 N–H and O–H groups in total. The van der Waals surface area contributed by atoms with E-state index in [1.165, 1.54) is 18.2 Å². The number of nitro benzene ring substituents is 1. The second kappa shape index (κ2) is 2.60. The molecule has 6 heteroatoms. The van der Waals surface area contributed by atoms with Gasteiger partial charge in [-0.25, -0.2) is 0 Å². The number of benzene rings is 1. The Hall–Kier alpha value is -1.82. The maximum atomic E-state index is 10.4. The van der Waals surface area contributed by atoms with E-state index in [0.29, 0.717) is 11.4 Å². The van der Waals surface area contributed by atoms with E-state index in [-0.39, 0.29) is 5.69 Å². The van der Waals surface area contributed by atoms with Crippen LogP contribution in [-0.2, 0) is 0 Å². The van der Waals surface area contributed by atoms with Crippen LogP contribution < -0.4 is 15.8 Å². The van der Waals surface area contributed by atoms with Crippen LogP contribution in [0.1, 0.15) is 0 Å². The molecule has 0 radical (unpaired) electrons. The van der Waals surface area contributed by atoms with E-state index in [1.807, 2.05) is 0 Å². The molecule has 1 aliphatic heterocycles. The summed E-state index contributed by atoms with van der Waals surface area (Å²) in [4.78, 5) is 9.92. The van der Waals surface area contributed by atoms with Crippen molar-refractivity contribution in [3.8, 4) is 5.75 Å². The van der Waals surface area contributed by atoms with Crippen LogP contribution in [0.15, 0.2) is 18.2 Å². The van der Waals surface area contributed by atoms with Crippen LogP contribution in [0.25, 0.3) is 0 Å². The molecular weight excluding hydrogens is 174 g/mol. The van der Waals surface area contributed by atoms with Crippen molar-refractivity contribution in [2.24, 2.45) is 5.73 Å². The molecule has 13 heavy (non-hydrogen) atoms. The van der Waals surface area contributed by atoms with Crippen molar-refractivity contribution in [2.75, 3.05) is 5.32 Å². The summed E-state index contributed by atoms with van der Waals surface area (Å²) in [6.07, 6.45) is -0.614. The van der Waals surface area contributed by atoms with Crippen LogP contribution in [0, 0.1) is 10.1 Å². The van der Waals surface area contributed by atoms with Gasteiger partial charge in [0.1, 0.15) is 5.75 Å². The first kappa shape index (κ1) is 7.81. The van der Waals surface area contributed by atoms with Crippen molar-refractivity contribution in [1.82, 2.24) is 0 Å². The fourth-order valence-electron chi connectivity index (χ4n) is 1.17. The van der Waals surface area contributed by atoms with Gasteiger partial charge in [-0.3, -0.25) is 15.8 Å². The highest BCUT2D eigenvalue weighted by molar-refractivity contribution is 5.64. The van der Waals surface area contributed by atoms with Crippen molar-refractivity contribution >= 4 is 11.4 Å². The summed E-state index contributed by atoms with van der Waals surface area (Å²) in [5, 5.41) is 13.1. The third-order valence-electron chi connectivity index (χ3n) is 1.73. The summed E-state index contributed by atoms with van der Waals surface area (Å²) in [5.74, 6) is 0.540. The Morgan fingerprint density at radius 1 is 1.62 bits per heavy atom. The zero-order valence-corrected chi connectivity index (χ0v) is 6.56. The van der Waals surface area contributed by atoms with Gasteiger partial charge in [-0.1, -0.05) is 0 Å². The van der Waals surface area contributed by atoms with Gasteiger partial charge in [0.15, 0.2) is 0 Å². The Kier molecular flexibility index (Phi) is 1.56. The number of fused-ring (bicyclic) bond motifs is 1. The number of nitrogens with one attached hydrogen (secondary N) is 1. The molecule has 0 fully saturated rings. The predicted octanol–water partition coefficient (Wildman–Crippen LogP) is 0.641. The molecule has 1 heterocycles. The number of anilines is 1. The zero-order chi connectivity index (χ0) is 9.42. The number of non-ortho nitro benzene ring substituents is 1. The van der Waals surface area contributed by atoms with Gasteiger partial charge in [-0.15, -0.1) is 0 Å². The first-order valence-corrected chi connectivity index (χ1v) is 3.64. The third-order valence-corrected chi connectivity index (χ3v) is 1.73. The molecule has 0 aromatic heterocycles. The molecule has 2 rings (SSSR count). The summed E-state index contributed by atoms with van der Waals surface area (Å²) in [7, 11) is 0. The standard InChI is InChI=1S/C7H7N3O3/c8-7-9-5-3-4(10(11)12)1-2-6(5)13-7/h1-3,7,9H,8H2. The molecule has 0 spiro atoms. The maximum Gasteiger partial charge on any atom is 0.271 e. The van der Waals surface area contributed by atoms with E-state index >= 15 is 0 Å². The van der Waals surface area contributed by atoms with Gasteiger partial charge >= 0.3 is 0 Å². The minimum absolute atomic E-state index is 0.0175. The minimum atomic E-state index is -0.614. The maximum absolute atomic E-state index is 10.4. The quantitative estimate of drug-likeness (QED) is 0.490. The van der Waals surface area contributed by atoms with Crippen molar-refractivity contribution in [3.05, 3.63) is 28.3 Å². The number of hydrogen-bond acceptors (Lipinski definition) is 5. The average molecular weight is 181 g/mol. The van der Waals surface area contributed by atoms with Crippen molar-refractivity contribution < 1.29 is 9.66 Å². The molecule has 1 aromatic rings. The first-order valence-electron chi connectivity index (χ1n) is 3.64. The highest BCUT2D eigenvalue weighted by Crippen LogP contribution is 2.33. The summed E-state index contributed by atoms with van der Waals surface area (Å²) >= 11 is 0. The molecule has 6 nitrogen and oxygen atoms in total. The van der Waals surface area contributed by atoms with Crippen LogP contribution >= 0.6 is 0 Å². The summed E-state index contributed by atoms with van der Waals surface area (Å²) in [6, 6.07) is 4.29. The van der Waals surface area contributed by atoms with Gasteiger partial charge in [0.25, 0.3) is 5.69 Å². The topological polar surface area (TPSA) is 90.4 Å². The molecule has 0 bridgehead atoms. The highest BCUT2D eigenvalue weighted by atomic mass is 16.6. The van der Waals surface area contributed by atoms with Gasteiger partial charge in [-0.05, 0) is 6.07 Å². The lowest BCUT2D eigenvalue weighted by Gasteiger charge is -2.00. The number of ether oxygens (including phenoxy) is 1. The van der Waals surface area contributed by atoms with Crippen molar-refractivity contribution in [2.45, 2.75) is 6.35 Å². The first-order chi connectivity index (χ1) is 6.16. The summed E-state index contributed by atoms with van der Waals surface area (Å²) in [6.45, 7) is 0. The summed E-state index contributed by atoms with van der Waals surface area (Å²) < 4.78 is 5.09. The van der Waals surface area contributed by atoms with Crippen LogP contribution in [0.2, 0.25) is 0 Å². The van der Waals surface area contributed by atoms with Crippen LogP contribution in [-0.4, -0.2) is 11.3 Å². The fraction of sp³-hybridized carbons (Fsp3) is 0.143. The van der Waals surface area contributed by atoms with E-state index in [4.69, 9.17) is 10.5 Å². The van der Waals surface area contributed by atoms with Crippen LogP contribution in [0.4, 0.5) is 11.4 Å². The lowest BCUT2D eigenvalue weighted by atomic mass is 10.2. The molecule has 0 saturated carbocycles. The van der Waals surface area contributed by atoms with Gasteiger partial charge in [0.05, 0.1) is 10.6 Å². The SMILES string of the molecule is NC1Nc2cc([N+](=O)[O-])ccc2O1. The normalized spacial score (nSPS) is 18.7. The van der Waals surface area contributed by atoms with E-state index in [9.17, 15) is 10.1 Å². The van der Waals surface area contributed by atoms with Crippen LogP contribution in [0.5, 0.6) is 5.75 Å². The van der Waals surface area contributed by atoms with E-state index in [1.54, 1.807) is 0 Å². The number of hydrogen-bond donors (Lipinski definition) is 2. The summed E-state index contributed by atoms with van der Waals surface area (Å²) in [5.41, 5.74) is 5.98. The van der Waals surface area contributed by atoms with E-state index in [2.05, 4.69) is 5.32 Å². The van der Waals surface area contributed by atoms with Gasteiger partial charge in [0, 0.05) is 12.1 Å². The molecule has 1 aromatic carbocycles. The Balaban J connectivity index is 2.40. The van der Waals surface area contributed by atoms with Crippen molar-refractivity contribution in [3.63, 3.8) is 0 Å². The Labute approximate surface area is 73.4 Å². The third kappa shape index (κ3) is 1.27. The molecule has 0 aliphatic carbocycles. The second-order valence-electron chi connectivity index (χ2n) is 2.62. The molecule has 1 atom stereocenters. The molecule has 68 valence electrons. The lowest BCUT2D eigenvalue weighted by molar-refractivity contribution is -0.384. The Morgan fingerprint density at radius 2 is 2.38 bits per heavy atom. The van der Waals surface area contributed by atoms with E-state index in [0.717, 1.165) is 0 Å². The number of nitrogens with two attached hydrogens (primary N) is 1. The van der Waals surface area contributed by atoms with Crippen molar-refractivity contribution in [1.29, 1.82) is 0 Å². The smallest absolute Gasteiger partial charge is 0.271 e.